The molecule has 1 fully saturated rings. The monoisotopic (exact) mass is 302 g/mol. The molecule has 4 nitrogen and oxygen atoms in total. The Morgan fingerprint density at radius 3 is 2.81 bits per heavy atom. The number of thiophene rings is 1. The van der Waals surface area contributed by atoms with Crippen LogP contribution in [0.5, 0.6) is 0 Å². The Morgan fingerprint density at radius 2 is 2.05 bits per heavy atom. The first-order valence-electron chi connectivity index (χ1n) is 8.05. The summed E-state index contributed by atoms with van der Waals surface area (Å²) in [5, 5.41) is 1.19. The lowest BCUT2D eigenvalue weighted by molar-refractivity contribution is 0.586. The molecule has 2 unspecified atom stereocenters. The molecule has 0 radical (unpaired) electrons. The molecule has 2 aromatic heterocycles. The minimum Gasteiger partial charge on any atom is -0.308 e. The fraction of sp³-hybridized carbons (Fsp3) is 0.625. The van der Waals surface area contributed by atoms with Crippen molar-refractivity contribution >= 4 is 27.4 Å². The predicted octanol–water partition coefficient (Wildman–Crippen LogP) is 3.76. The Labute approximate surface area is 129 Å². The average Bonchev–Trinajstić information content (AvgIpc) is 3.09. The molecular weight excluding hydrogens is 280 g/mol. The van der Waals surface area contributed by atoms with E-state index in [9.17, 15) is 0 Å². The van der Waals surface area contributed by atoms with Gasteiger partial charge in [-0.15, -0.1) is 11.3 Å². The van der Waals surface area contributed by atoms with Crippen molar-refractivity contribution in [1.29, 1.82) is 0 Å². The van der Waals surface area contributed by atoms with E-state index in [1.807, 2.05) is 11.3 Å². The zero-order valence-corrected chi connectivity index (χ0v) is 13.3. The van der Waals surface area contributed by atoms with Gasteiger partial charge in [0.25, 0.3) is 0 Å². The molecule has 2 heterocycles. The second-order valence-corrected chi connectivity index (χ2v) is 7.66. The van der Waals surface area contributed by atoms with E-state index in [1.165, 1.54) is 54.4 Å². The Hall–Kier alpha value is -1.20. The smallest absolute Gasteiger partial charge is 0.152 e. The molecule has 3 N–H and O–H groups in total. The molecule has 112 valence electrons. The topological polar surface area (TPSA) is 63.8 Å². The largest absolute Gasteiger partial charge is 0.308 e. The number of fused-ring (bicyclic) bond motifs is 3. The summed E-state index contributed by atoms with van der Waals surface area (Å²) in [4.78, 5) is 12.3. The number of anilines is 1. The molecule has 2 aliphatic carbocycles. The fourth-order valence-electron chi connectivity index (χ4n) is 3.90. The molecular formula is C16H22N4S. The number of hydrazine groups is 1. The van der Waals surface area contributed by atoms with Crippen molar-refractivity contribution in [1.82, 2.24) is 9.97 Å². The summed E-state index contributed by atoms with van der Waals surface area (Å²) in [6.45, 7) is 2.32. The highest BCUT2D eigenvalue weighted by Crippen LogP contribution is 2.41. The maximum absolute atomic E-state index is 5.77. The van der Waals surface area contributed by atoms with Crippen LogP contribution in [0.1, 0.15) is 61.2 Å². The number of rotatable bonds is 2. The van der Waals surface area contributed by atoms with Gasteiger partial charge in [-0.1, -0.05) is 6.92 Å². The van der Waals surface area contributed by atoms with Gasteiger partial charge in [-0.05, 0) is 56.4 Å². The van der Waals surface area contributed by atoms with Gasteiger partial charge in [0, 0.05) is 10.8 Å². The van der Waals surface area contributed by atoms with Gasteiger partial charge >= 0.3 is 0 Å². The molecule has 0 saturated heterocycles. The van der Waals surface area contributed by atoms with Crippen LogP contribution in [0.15, 0.2) is 0 Å². The normalized spacial score (nSPS) is 25.2. The van der Waals surface area contributed by atoms with E-state index < -0.39 is 0 Å². The summed E-state index contributed by atoms with van der Waals surface area (Å²) in [6.07, 6.45) is 8.61. The maximum atomic E-state index is 5.77. The van der Waals surface area contributed by atoms with Crippen molar-refractivity contribution in [3.05, 3.63) is 16.3 Å². The van der Waals surface area contributed by atoms with Crippen LogP contribution in [0.25, 0.3) is 10.2 Å². The molecule has 0 spiro atoms. The number of nitrogens with two attached hydrogens (primary N) is 1. The van der Waals surface area contributed by atoms with Crippen LogP contribution < -0.4 is 11.3 Å². The highest BCUT2D eigenvalue weighted by molar-refractivity contribution is 7.19. The second-order valence-electron chi connectivity index (χ2n) is 6.58. The number of nitrogens with one attached hydrogen (secondary N) is 1. The van der Waals surface area contributed by atoms with Gasteiger partial charge in [0.2, 0.25) is 0 Å². The molecule has 2 aliphatic rings. The molecule has 21 heavy (non-hydrogen) atoms. The van der Waals surface area contributed by atoms with Crippen LogP contribution >= 0.6 is 11.3 Å². The van der Waals surface area contributed by atoms with Gasteiger partial charge < -0.3 is 5.43 Å². The van der Waals surface area contributed by atoms with E-state index in [-0.39, 0.29) is 0 Å². The van der Waals surface area contributed by atoms with Gasteiger partial charge in [-0.25, -0.2) is 15.8 Å². The van der Waals surface area contributed by atoms with Crippen molar-refractivity contribution < 1.29 is 0 Å². The van der Waals surface area contributed by atoms with E-state index in [4.69, 9.17) is 15.8 Å². The summed E-state index contributed by atoms with van der Waals surface area (Å²) in [6, 6.07) is 0. The summed E-state index contributed by atoms with van der Waals surface area (Å²) < 4.78 is 0. The van der Waals surface area contributed by atoms with E-state index >= 15 is 0 Å². The Bertz CT molecular complexity index is 678. The predicted molar refractivity (Wildman–Crippen MR) is 87.6 cm³/mol. The number of aromatic nitrogens is 2. The minimum absolute atomic E-state index is 0.510. The summed E-state index contributed by atoms with van der Waals surface area (Å²) in [5.74, 6) is 8.91. The van der Waals surface area contributed by atoms with Crippen LogP contribution in [0.2, 0.25) is 0 Å². The van der Waals surface area contributed by atoms with Crippen molar-refractivity contribution in [3.63, 3.8) is 0 Å². The van der Waals surface area contributed by atoms with Crippen LogP contribution in [0, 0.1) is 5.92 Å². The minimum atomic E-state index is 0.510. The average molecular weight is 302 g/mol. The SMILES string of the molecule is CC1CCC(c2nc(NN)c3c4c(sc3n2)CCCC4)C1. The van der Waals surface area contributed by atoms with E-state index in [2.05, 4.69) is 12.3 Å². The standard InChI is InChI=1S/C16H22N4S/c1-9-6-7-10(8-9)14-18-15(20-17)13-11-4-2-3-5-12(11)21-16(13)19-14/h9-10H,2-8,17H2,1H3,(H,18,19,20). The molecule has 0 amide bonds. The van der Waals surface area contributed by atoms with Gasteiger partial charge in [-0.2, -0.15) is 0 Å². The molecule has 0 aromatic carbocycles. The van der Waals surface area contributed by atoms with Crippen LogP contribution in [-0.2, 0) is 12.8 Å². The first-order valence-corrected chi connectivity index (χ1v) is 8.86. The van der Waals surface area contributed by atoms with Crippen molar-refractivity contribution in [2.45, 2.75) is 57.8 Å². The summed E-state index contributed by atoms with van der Waals surface area (Å²) in [5.41, 5.74) is 4.28. The number of hydrogen-bond acceptors (Lipinski definition) is 5. The van der Waals surface area contributed by atoms with Crippen molar-refractivity contribution in [3.8, 4) is 0 Å². The van der Waals surface area contributed by atoms with Crippen LogP contribution in [-0.4, -0.2) is 9.97 Å². The molecule has 2 aromatic rings. The lowest BCUT2D eigenvalue weighted by Gasteiger charge is -2.13. The zero-order chi connectivity index (χ0) is 14.4. The first kappa shape index (κ1) is 13.5. The van der Waals surface area contributed by atoms with Crippen molar-refractivity contribution in [2.24, 2.45) is 11.8 Å². The van der Waals surface area contributed by atoms with Gasteiger partial charge in [0.1, 0.15) is 10.7 Å². The molecule has 0 aliphatic heterocycles. The number of nitrogens with zero attached hydrogens (tertiary/aromatic N) is 2. The second kappa shape index (κ2) is 5.21. The third kappa shape index (κ3) is 2.23. The highest BCUT2D eigenvalue weighted by Gasteiger charge is 2.27. The van der Waals surface area contributed by atoms with Crippen LogP contribution in [0.3, 0.4) is 0 Å². The Kier molecular flexibility index (Phi) is 3.34. The molecule has 1 saturated carbocycles. The Morgan fingerprint density at radius 1 is 1.19 bits per heavy atom. The van der Waals surface area contributed by atoms with Gasteiger partial charge in [-0.3, -0.25) is 0 Å². The molecule has 4 rings (SSSR count). The number of nitrogen functional groups attached to an aromatic ring is 1. The number of hydrogen-bond donors (Lipinski definition) is 2. The first-order chi connectivity index (χ1) is 10.3. The maximum Gasteiger partial charge on any atom is 0.152 e. The lowest BCUT2D eigenvalue weighted by Crippen LogP contribution is -2.12. The quantitative estimate of drug-likeness (QED) is 0.655. The van der Waals surface area contributed by atoms with Crippen molar-refractivity contribution in [2.75, 3.05) is 5.43 Å². The lowest BCUT2D eigenvalue weighted by atomic mass is 9.97. The fourth-order valence-corrected chi connectivity index (χ4v) is 5.17. The van der Waals surface area contributed by atoms with Gasteiger partial charge in [0.15, 0.2) is 5.82 Å². The van der Waals surface area contributed by atoms with E-state index in [0.29, 0.717) is 5.92 Å². The highest BCUT2D eigenvalue weighted by atomic mass is 32.1. The molecule has 2 atom stereocenters. The summed E-state index contributed by atoms with van der Waals surface area (Å²) in [7, 11) is 0. The number of aryl methyl sites for hydroxylation is 2. The Balaban J connectivity index is 1.84. The summed E-state index contributed by atoms with van der Waals surface area (Å²) >= 11 is 1.86. The van der Waals surface area contributed by atoms with E-state index in [1.54, 1.807) is 0 Å². The van der Waals surface area contributed by atoms with Crippen LogP contribution in [0.4, 0.5) is 5.82 Å². The molecule has 5 heteroatoms. The zero-order valence-electron chi connectivity index (χ0n) is 12.5. The van der Waals surface area contributed by atoms with E-state index in [0.717, 1.165) is 28.8 Å². The third-order valence-corrected chi connectivity index (χ3v) is 6.21. The van der Waals surface area contributed by atoms with Gasteiger partial charge in [0.05, 0.1) is 5.39 Å². The third-order valence-electron chi connectivity index (χ3n) is 5.03. The molecule has 0 bridgehead atoms.